The normalized spacial score (nSPS) is 16.5. The third-order valence-electron chi connectivity index (χ3n) is 4.12. The summed E-state index contributed by atoms with van der Waals surface area (Å²) in [6, 6.07) is 14.2. The molecule has 1 aliphatic heterocycles. The smallest absolute Gasteiger partial charge is 0.335 e. The van der Waals surface area contributed by atoms with Gasteiger partial charge in [0.05, 0.1) is 17.4 Å². The number of thiol groups is 1. The lowest BCUT2D eigenvalue weighted by atomic mass is 10.0. The lowest BCUT2D eigenvalue weighted by Crippen LogP contribution is -2.19. The first-order valence-electron chi connectivity index (χ1n) is 8.25. The summed E-state index contributed by atoms with van der Waals surface area (Å²) in [7, 11) is 0. The Kier molecular flexibility index (Phi) is 5.73. The van der Waals surface area contributed by atoms with E-state index in [4.69, 9.17) is 9.84 Å². The molecular formula is C20H19NO5S. The van der Waals surface area contributed by atoms with Gasteiger partial charge in [-0.2, -0.15) is 12.6 Å². The lowest BCUT2D eigenvalue weighted by molar-refractivity contribution is 0.0697. The topological polar surface area (TPSA) is 99.0 Å². The summed E-state index contributed by atoms with van der Waals surface area (Å²) in [5.41, 5.74) is 2.93. The van der Waals surface area contributed by atoms with E-state index in [0.717, 1.165) is 16.8 Å². The maximum atomic E-state index is 10.9. The van der Waals surface area contributed by atoms with Crippen molar-refractivity contribution in [2.24, 2.45) is 0 Å². The van der Waals surface area contributed by atoms with Crippen molar-refractivity contribution in [1.82, 2.24) is 0 Å². The molecule has 0 saturated carbocycles. The van der Waals surface area contributed by atoms with E-state index < -0.39 is 11.2 Å². The number of carbonyl (C=O) groups is 1. The fourth-order valence-electron chi connectivity index (χ4n) is 2.64. The zero-order valence-corrected chi connectivity index (χ0v) is 15.2. The maximum Gasteiger partial charge on any atom is 0.335 e. The molecule has 0 amide bonds. The van der Waals surface area contributed by atoms with Crippen molar-refractivity contribution in [3.05, 3.63) is 77.4 Å². The average molecular weight is 385 g/mol. The van der Waals surface area contributed by atoms with E-state index in [1.54, 1.807) is 30.3 Å². The highest BCUT2D eigenvalue weighted by atomic mass is 32.1. The van der Waals surface area contributed by atoms with Crippen LogP contribution in [0.5, 0.6) is 0 Å². The van der Waals surface area contributed by atoms with Crippen molar-refractivity contribution in [2.45, 2.75) is 5.25 Å². The number of nitrogens with one attached hydrogen (secondary N) is 1. The van der Waals surface area contributed by atoms with Gasteiger partial charge in [-0.1, -0.05) is 24.3 Å². The van der Waals surface area contributed by atoms with Crippen LogP contribution in [0.1, 0.15) is 10.4 Å². The molecule has 7 heteroatoms. The van der Waals surface area contributed by atoms with Crippen molar-refractivity contribution in [3.8, 4) is 11.1 Å². The summed E-state index contributed by atoms with van der Waals surface area (Å²) >= 11 is 4.24. The van der Waals surface area contributed by atoms with Crippen molar-refractivity contribution < 1.29 is 24.9 Å². The first-order valence-corrected chi connectivity index (χ1v) is 8.76. The summed E-state index contributed by atoms with van der Waals surface area (Å²) in [6.07, 6.45) is 1.55. The molecule has 27 heavy (non-hydrogen) atoms. The molecule has 1 atom stereocenters. The number of benzene rings is 2. The summed E-state index contributed by atoms with van der Waals surface area (Å²) in [5, 5.41) is 30.9. The Labute approximate surface area is 161 Å². The molecule has 0 aromatic heterocycles. The van der Waals surface area contributed by atoms with E-state index in [-0.39, 0.29) is 24.5 Å². The Hall–Kier alpha value is -2.90. The molecule has 0 radical (unpaired) electrons. The SMILES string of the molecule is O=C(O)c1ccc(-c2ccc(NCC3=C(O)C(S)C=C(CO)O3)cc2)cc1. The first kappa shape index (κ1) is 18.9. The van der Waals surface area contributed by atoms with Gasteiger partial charge in [0.25, 0.3) is 0 Å². The van der Waals surface area contributed by atoms with E-state index in [9.17, 15) is 15.0 Å². The Morgan fingerprint density at radius 1 is 1.07 bits per heavy atom. The van der Waals surface area contributed by atoms with Crippen molar-refractivity contribution in [2.75, 3.05) is 18.5 Å². The third-order valence-corrected chi connectivity index (χ3v) is 4.52. The Balaban J connectivity index is 1.66. The highest BCUT2D eigenvalue weighted by Crippen LogP contribution is 2.25. The quantitative estimate of drug-likeness (QED) is 0.489. The van der Waals surface area contributed by atoms with Crippen LogP contribution < -0.4 is 5.32 Å². The molecule has 2 aromatic carbocycles. The number of aliphatic hydroxyl groups is 2. The zero-order valence-electron chi connectivity index (χ0n) is 14.3. The number of hydrogen-bond acceptors (Lipinski definition) is 6. The molecular weight excluding hydrogens is 366 g/mol. The number of rotatable bonds is 6. The van der Waals surface area contributed by atoms with Crippen molar-refractivity contribution in [3.63, 3.8) is 0 Å². The van der Waals surface area contributed by atoms with Crippen molar-refractivity contribution >= 4 is 24.3 Å². The van der Waals surface area contributed by atoms with Gasteiger partial charge in [-0.15, -0.1) is 0 Å². The minimum atomic E-state index is -0.953. The van der Waals surface area contributed by atoms with Crippen LogP contribution in [0.15, 0.2) is 71.9 Å². The minimum absolute atomic E-state index is 0.0122. The molecule has 4 N–H and O–H groups in total. The molecule has 3 rings (SSSR count). The molecule has 140 valence electrons. The van der Waals surface area contributed by atoms with Crippen LogP contribution in [0.3, 0.4) is 0 Å². The Morgan fingerprint density at radius 3 is 2.22 bits per heavy atom. The van der Waals surface area contributed by atoms with Gasteiger partial charge in [-0.25, -0.2) is 4.79 Å². The molecule has 6 nitrogen and oxygen atoms in total. The van der Waals surface area contributed by atoms with Crippen LogP contribution in [0, 0.1) is 0 Å². The second-order valence-corrected chi connectivity index (χ2v) is 6.52. The third kappa shape index (κ3) is 4.45. The van der Waals surface area contributed by atoms with Crippen LogP contribution in [0.2, 0.25) is 0 Å². The van der Waals surface area contributed by atoms with Gasteiger partial charge in [0.2, 0.25) is 0 Å². The maximum absolute atomic E-state index is 10.9. The number of anilines is 1. The number of aliphatic hydroxyl groups excluding tert-OH is 2. The summed E-state index contributed by atoms with van der Waals surface area (Å²) in [5.74, 6) is -0.274. The first-order chi connectivity index (χ1) is 13.0. The highest BCUT2D eigenvalue weighted by molar-refractivity contribution is 7.81. The predicted octanol–water partition coefficient (Wildman–Crippen LogP) is 3.44. The Bertz CT molecular complexity index is 888. The predicted molar refractivity (Wildman–Crippen MR) is 106 cm³/mol. The second-order valence-electron chi connectivity index (χ2n) is 5.96. The fourth-order valence-corrected chi connectivity index (χ4v) is 2.95. The summed E-state index contributed by atoms with van der Waals surface area (Å²) in [6.45, 7) is -0.0178. The highest BCUT2D eigenvalue weighted by Gasteiger charge is 2.21. The summed E-state index contributed by atoms with van der Waals surface area (Å²) < 4.78 is 5.44. The molecule has 0 saturated heterocycles. The molecule has 1 aliphatic rings. The van der Waals surface area contributed by atoms with E-state index in [0.29, 0.717) is 11.5 Å². The van der Waals surface area contributed by atoms with Gasteiger partial charge in [-0.05, 0) is 41.5 Å². The fraction of sp³-hybridized carbons (Fsp3) is 0.150. The number of carboxylic acids is 1. The average Bonchev–Trinajstić information content (AvgIpc) is 2.69. The van der Waals surface area contributed by atoms with Gasteiger partial charge < -0.3 is 25.4 Å². The van der Waals surface area contributed by atoms with E-state index >= 15 is 0 Å². The number of carboxylic acid groups (broad SMARTS) is 1. The molecule has 0 spiro atoms. The standard InChI is InChI=1S/C20H19NO5S/c22-11-16-9-18(27)19(23)17(26-16)10-21-15-7-5-13(6-8-15)12-1-3-14(4-2-12)20(24)25/h1-9,18,21-23,27H,10-11H2,(H,24,25). The summed E-state index contributed by atoms with van der Waals surface area (Å²) in [4.78, 5) is 10.9. The Morgan fingerprint density at radius 2 is 1.67 bits per heavy atom. The molecule has 0 fully saturated rings. The van der Waals surface area contributed by atoms with Gasteiger partial charge in [0.15, 0.2) is 5.76 Å². The van der Waals surface area contributed by atoms with Crippen LogP contribution in [0.4, 0.5) is 5.69 Å². The van der Waals surface area contributed by atoms with Gasteiger partial charge in [0, 0.05) is 5.69 Å². The van der Waals surface area contributed by atoms with Gasteiger partial charge in [-0.3, -0.25) is 0 Å². The second kappa shape index (κ2) is 8.20. The minimum Gasteiger partial charge on any atom is -0.507 e. The molecule has 0 aliphatic carbocycles. The number of hydrogen-bond donors (Lipinski definition) is 5. The van der Waals surface area contributed by atoms with Crippen LogP contribution in [-0.4, -0.2) is 39.7 Å². The lowest BCUT2D eigenvalue weighted by Gasteiger charge is -2.22. The zero-order chi connectivity index (χ0) is 19.4. The van der Waals surface area contributed by atoms with E-state index in [1.807, 2.05) is 24.3 Å². The number of aromatic carboxylic acids is 1. The largest absolute Gasteiger partial charge is 0.507 e. The van der Waals surface area contributed by atoms with Crippen LogP contribution in [0.25, 0.3) is 11.1 Å². The van der Waals surface area contributed by atoms with E-state index in [1.165, 1.54) is 0 Å². The molecule has 1 unspecified atom stereocenters. The van der Waals surface area contributed by atoms with Crippen molar-refractivity contribution in [1.29, 1.82) is 0 Å². The number of ether oxygens (including phenoxy) is 1. The molecule has 1 heterocycles. The van der Waals surface area contributed by atoms with Crippen LogP contribution in [-0.2, 0) is 4.74 Å². The van der Waals surface area contributed by atoms with E-state index in [2.05, 4.69) is 17.9 Å². The van der Waals surface area contributed by atoms with Gasteiger partial charge >= 0.3 is 5.97 Å². The molecule has 2 aromatic rings. The molecule has 0 bridgehead atoms. The monoisotopic (exact) mass is 385 g/mol. The van der Waals surface area contributed by atoms with Gasteiger partial charge in [0.1, 0.15) is 18.1 Å². The van der Waals surface area contributed by atoms with Crippen LogP contribution >= 0.6 is 12.6 Å².